The van der Waals surface area contributed by atoms with Crippen molar-refractivity contribution in [1.29, 1.82) is 0 Å². The van der Waals surface area contributed by atoms with E-state index >= 15 is 0 Å². The van der Waals surface area contributed by atoms with E-state index in [1.807, 2.05) is 0 Å². The fraction of sp³-hybridized carbons (Fsp3) is 0.294. The predicted octanol–water partition coefficient (Wildman–Crippen LogP) is 1.50. The Balaban J connectivity index is 1.85. The van der Waals surface area contributed by atoms with Crippen LogP contribution in [0.1, 0.15) is 15.9 Å². The number of carbonyl (C=O) groups is 2. The van der Waals surface area contributed by atoms with E-state index in [0.717, 1.165) is 10.6 Å². The lowest BCUT2D eigenvalue weighted by Gasteiger charge is -2.27. The van der Waals surface area contributed by atoms with Crippen molar-refractivity contribution in [2.45, 2.75) is 6.18 Å². The van der Waals surface area contributed by atoms with Gasteiger partial charge in [-0.1, -0.05) is 0 Å². The Hall–Kier alpha value is -3.21. The molecule has 0 saturated carbocycles. The Labute approximate surface area is 157 Å². The minimum atomic E-state index is -4.75. The first-order valence-corrected chi connectivity index (χ1v) is 8.33. The van der Waals surface area contributed by atoms with E-state index in [1.54, 1.807) is 4.90 Å². The number of hydrogen-bond donors (Lipinski definition) is 2. The van der Waals surface area contributed by atoms with Crippen molar-refractivity contribution in [3.63, 3.8) is 0 Å². The molecule has 148 valence electrons. The largest absolute Gasteiger partial charge is 0.417 e. The summed E-state index contributed by atoms with van der Waals surface area (Å²) in [5, 5.41) is 5.59. The number of benzene rings is 1. The van der Waals surface area contributed by atoms with E-state index in [9.17, 15) is 27.6 Å². The highest BCUT2D eigenvalue weighted by molar-refractivity contribution is 5.88. The number of hydrogen-bond acceptors (Lipinski definition) is 5. The average Bonchev–Trinajstić information content (AvgIpc) is 2.67. The SMILES string of the molecule is O=Cc1ccc(-n2ccc(NC(=O)N3CCNCC3)nc2=O)cc1C(F)(F)F. The van der Waals surface area contributed by atoms with Gasteiger partial charge in [-0.05, 0) is 24.3 Å². The third-order valence-corrected chi connectivity index (χ3v) is 4.19. The number of carbonyl (C=O) groups excluding carboxylic acids is 2. The number of urea groups is 1. The van der Waals surface area contributed by atoms with Crippen LogP contribution in [0.25, 0.3) is 5.69 Å². The minimum absolute atomic E-state index is 0.00895. The van der Waals surface area contributed by atoms with Crippen LogP contribution in [0, 0.1) is 0 Å². The molecule has 8 nitrogen and oxygen atoms in total. The van der Waals surface area contributed by atoms with Gasteiger partial charge in [0.15, 0.2) is 6.29 Å². The Bertz CT molecular complexity index is 952. The Kier molecular flexibility index (Phi) is 5.45. The van der Waals surface area contributed by atoms with Crippen LogP contribution in [0.2, 0.25) is 0 Å². The van der Waals surface area contributed by atoms with Crippen LogP contribution in [-0.2, 0) is 6.18 Å². The summed E-state index contributed by atoms with van der Waals surface area (Å²) in [4.78, 5) is 40.5. The molecular weight excluding hydrogens is 379 g/mol. The second kappa shape index (κ2) is 7.80. The van der Waals surface area contributed by atoms with Gasteiger partial charge in [-0.15, -0.1) is 0 Å². The van der Waals surface area contributed by atoms with Crippen molar-refractivity contribution in [2.75, 3.05) is 31.5 Å². The van der Waals surface area contributed by atoms with Crippen LogP contribution in [0.4, 0.5) is 23.8 Å². The molecule has 0 atom stereocenters. The molecule has 0 unspecified atom stereocenters. The summed E-state index contributed by atoms with van der Waals surface area (Å²) in [6.45, 7) is 2.32. The number of aldehydes is 1. The maximum Gasteiger partial charge on any atom is 0.417 e. The summed E-state index contributed by atoms with van der Waals surface area (Å²) in [5.74, 6) is -0.00895. The lowest BCUT2D eigenvalue weighted by molar-refractivity contribution is -0.137. The van der Waals surface area contributed by atoms with E-state index < -0.39 is 29.0 Å². The molecule has 2 aromatic rings. The van der Waals surface area contributed by atoms with Crippen LogP contribution in [-0.4, -0.2) is 52.9 Å². The normalized spacial score (nSPS) is 14.6. The average molecular weight is 395 g/mol. The molecule has 1 aromatic carbocycles. The van der Waals surface area contributed by atoms with Gasteiger partial charge in [0.25, 0.3) is 0 Å². The molecule has 11 heteroatoms. The van der Waals surface area contributed by atoms with E-state index in [1.165, 1.54) is 18.3 Å². The quantitative estimate of drug-likeness (QED) is 0.768. The predicted molar refractivity (Wildman–Crippen MR) is 93.7 cm³/mol. The molecule has 0 spiro atoms. The highest BCUT2D eigenvalue weighted by atomic mass is 19.4. The van der Waals surface area contributed by atoms with Crippen molar-refractivity contribution in [3.05, 3.63) is 52.1 Å². The molecular formula is C17H16F3N5O3. The molecule has 2 amide bonds. The smallest absolute Gasteiger partial charge is 0.322 e. The van der Waals surface area contributed by atoms with Crippen molar-refractivity contribution < 1.29 is 22.8 Å². The van der Waals surface area contributed by atoms with Gasteiger partial charge in [-0.3, -0.25) is 14.7 Å². The van der Waals surface area contributed by atoms with Crippen LogP contribution in [0.15, 0.2) is 35.3 Å². The summed E-state index contributed by atoms with van der Waals surface area (Å²) < 4.78 is 40.2. The lowest BCUT2D eigenvalue weighted by Crippen LogP contribution is -2.48. The first-order chi connectivity index (χ1) is 13.3. The molecule has 1 aromatic heterocycles. The number of nitrogens with one attached hydrogen (secondary N) is 2. The number of amides is 2. The van der Waals surface area contributed by atoms with Gasteiger partial charge in [0, 0.05) is 37.9 Å². The number of alkyl halides is 3. The number of piperazine rings is 1. The molecule has 1 aliphatic rings. The molecule has 3 rings (SSSR count). The summed E-state index contributed by atoms with van der Waals surface area (Å²) in [6, 6.07) is 3.79. The van der Waals surface area contributed by atoms with E-state index in [4.69, 9.17) is 0 Å². The highest BCUT2D eigenvalue weighted by Gasteiger charge is 2.33. The monoisotopic (exact) mass is 395 g/mol. The van der Waals surface area contributed by atoms with Gasteiger partial charge in [0.2, 0.25) is 0 Å². The third kappa shape index (κ3) is 4.19. The topological polar surface area (TPSA) is 96.3 Å². The van der Waals surface area contributed by atoms with Gasteiger partial charge >= 0.3 is 17.9 Å². The zero-order valence-corrected chi connectivity index (χ0v) is 14.5. The standard InChI is InChI=1S/C17H16F3N5O3/c18-17(19,20)13-9-12(2-1-11(13)10-26)25-6-3-14(23-16(25)28)22-15(27)24-7-4-21-5-8-24/h1-3,6,9-10,21H,4-5,7-8H2,(H,22,23,27,28). The van der Waals surface area contributed by atoms with E-state index in [0.29, 0.717) is 32.2 Å². The maximum absolute atomic E-state index is 13.1. The van der Waals surface area contributed by atoms with E-state index in [2.05, 4.69) is 15.6 Å². The van der Waals surface area contributed by atoms with E-state index in [-0.39, 0.29) is 17.8 Å². The minimum Gasteiger partial charge on any atom is -0.322 e. The van der Waals surface area contributed by atoms with Crippen LogP contribution in [0.3, 0.4) is 0 Å². The van der Waals surface area contributed by atoms with Crippen molar-refractivity contribution >= 4 is 18.1 Å². The molecule has 0 aliphatic carbocycles. The van der Waals surface area contributed by atoms with Crippen molar-refractivity contribution in [3.8, 4) is 5.69 Å². The van der Waals surface area contributed by atoms with Crippen LogP contribution in [0.5, 0.6) is 0 Å². The molecule has 1 aliphatic heterocycles. The second-order valence-corrected chi connectivity index (χ2v) is 6.02. The zero-order valence-electron chi connectivity index (χ0n) is 14.5. The van der Waals surface area contributed by atoms with Gasteiger partial charge in [0.1, 0.15) is 5.82 Å². The van der Waals surface area contributed by atoms with Crippen LogP contribution >= 0.6 is 0 Å². The lowest BCUT2D eigenvalue weighted by atomic mass is 10.1. The molecule has 0 bridgehead atoms. The number of halogens is 3. The Morgan fingerprint density at radius 1 is 1.21 bits per heavy atom. The summed E-state index contributed by atoms with van der Waals surface area (Å²) in [7, 11) is 0. The molecule has 1 fully saturated rings. The molecule has 1 saturated heterocycles. The molecule has 2 N–H and O–H groups in total. The summed E-state index contributed by atoms with van der Waals surface area (Å²) in [5.41, 5.74) is -2.65. The molecule has 2 heterocycles. The molecule has 0 radical (unpaired) electrons. The first kappa shape index (κ1) is 19.5. The molecule has 28 heavy (non-hydrogen) atoms. The van der Waals surface area contributed by atoms with Crippen molar-refractivity contribution in [1.82, 2.24) is 19.8 Å². The van der Waals surface area contributed by atoms with Crippen molar-refractivity contribution in [2.24, 2.45) is 0 Å². The number of rotatable bonds is 3. The second-order valence-electron chi connectivity index (χ2n) is 6.02. The Morgan fingerprint density at radius 3 is 2.54 bits per heavy atom. The number of aromatic nitrogens is 2. The van der Waals surface area contributed by atoms with Gasteiger partial charge in [-0.25, -0.2) is 9.59 Å². The van der Waals surface area contributed by atoms with Gasteiger partial charge < -0.3 is 10.2 Å². The van der Waals surface area contributed by atoms with Gasteiger partial charge in [-0.2, -0.15) is 18.2 Å². The highest BCUT2D eigenvalue weighted by Crippen LogP contribution is 2.32. The number of anilines is 1. The Morgan fingerprint density at radius 2 is 1.93 bits per heavy atom. The fourth-order valence-electron chi connectivity index (χ4n) is 2.77. The first-order valence-electron chi connectivity index (χ1n) is 8.33. The fourth-order valence-corrected chi connectivity index (χ4v) is 2.77. The maximum atomic E-state index is 13.1. The van der Waals surface area contributed by atoms with Crippen LogP contribution < -0.4 is 16.3 Å². The van der Waals surface area contributed by atoms with Gasteiger partial charge in [0.05, 0.1) is 11.3 Å². The zero-order chi connectivity index (χ0) is 20.3. The number of nitrogens with zero attached hydrogens (tertiary/aromatic N) is 3. The third-order valence-electron chi connectivity index (χ3n) is 4.19. The summed E-state index contributed by atoms with van der Waals surface area (Å²) >= 11 is 0. The summed E-state index contributed by atoms with van der Waals surface area (Å²) in [6.07, 6.45) is -3.44.